The fourth-order valence-electron chi connectivity index (χ4n) is 3.62. The van der Waals surface area contributed by atoms with Crippen molar-refractivity contribution in [2.24, 2.45) is 0 Å². The number of hydrogen-bond donors (Lipinski definition) is 1. The summed E-state index contributed by atoms with van der Waals surface area (Å²) in [7, 11) is 0. The maximum atomic E-state index is 13.5. The summed E-state index contributed by atoms with van der Waals surface area (Å²) in [6, 6.07) is 21.1. The van der Waals surface area contributed by atoms with E-state index >= 15 is 0 Å². The molecule has 1 atom stereocenters. The molecule has 0 saturated heterocycles. The number of ketones is 1. The minimum atomic E-state index is -0.523. The van der Waals surface area contributed by atoms with Crippen molar-refractivity contribution < 1.29 is 9.59 Å². The third-order valence-electron chi connectivity index (χ3n) is 5.42. The first kappa shape index (κ1) is 21.6. The van der Waals surface area contributed by atoms with Crippen molar-refractivity contribution in [2.75, 3.05) is 5.32 Å². The first-order valence-electron chi connectivity index (χ1n) is 10.7. The molecule has 8 heteroatoms. The molecule has 1 N–H and O–H groups in total. The highest BCUT2D eigenvalue weighted by atomic mass is 32.2. The molecule has 2 heterocycles. The smallest absolute Gasteiger partial charge is 0.242 e. The number of benzene rings is 2. The predicted octanol–water partition coefficient (Wildman–Crippen LogP) is 6.02. The molecule has 2 aromatic heterocycles. The van der Waals surface area contributed by atoms with Gasteiger partial charge in [0, 0.05) is 17.3 Å². The second-order valence-corrected chi connectivity index (χ2v) is 9.94. The Labute approximate surface area is 200 Å². The van der Waals surface area contributed by atoms with E-state index in [1.165, 1.54) is 18.7 Å². The quantitative estimate of drug-likeness (QED) is 0.250. The van der Waals surface area contributed by atoms with Crippen molar-refractivity contribution in [1.29, 1.82) is 0 Å². The Bertz CT molecular complexity index is 1280. The lowest BCUT2D eigenvalue weighted by Crippen LogP contribution is -2.19. The molecule has 1 saturated carbocycles. The van der Waals surface area contributed by atoms with Crippen LogP contribution in [0.1, 0.15) is 47.0 Å². The molecule has 6 nitrogen and oxygen atoms in total. The lowest BCUT2D eigenvalue weighted by atomic mass is 10.1. The number of rotatable bonds is 8. The van der Waals surface area contributed by atoms with Gasteiger partial charge in [-0.05, 0) is 48.9 Å². The molecule has 1 amide bonds. The van der Waals surface area contributed by atoms with Gasteiger partial charge in [-0.2, -0.15) is 0 Å². The number of amides is 1. The van der Waals surface area contributed by atoms with E-state index in [1.54, 1.807) is 35.6 Å². The van der Waals surface area contributed by atoms with Crippen LogP contribution < -0.4 is 5.32 Å². The van der Waals surface area contributed by atoms with Gasteiger partial charge >= 0.3 is 0 Å². The lowest BCUT2D eigenvalue weighted by molar-refractivity contribution is -0.115. The summed E-state index contributed by atoms with van der Waals surface area (Å²) in [5.41, 5.74) is 2.04. The number of anilines is 1. The molecule has 0 radical (unpaired) electrons. The molecule has 166 valence electrons. The summed E-state index contributed by atoms with van der Waals surface area (Å²) in [5, 5.41) is 14.2. The molecule has 5 rings (SSSR count). The monoisotopic (exact) mass is 474 g/mol. The van der Waals surface area contributed by atoms with Gasteiger partial charge in [-0.1, -0.05) is 60.3 Å². The van der Waals surface area contributed by atoms with Crippen LogP contribution in [0.4, 0.5) is 5.69 Å². The first-order valence-corrected chi connectivity index (χ1v) is 12.5. The van der Waals surface area contributed by atoms with Crippen LogP contribution in [-0.2, 0) is 4.79 Å². The van der Waals surface area contributed by atoms with Gasteiger partial charge in [0.1, 0.15) is 5.25 Å². The number of thiophene rings is 1. The molecule has 0 unspecified atom stereocenters. The molecule has 2 aromatic carbocycles. The summed E-state index contributed by atoms with van der Waals surface area (Å²) in [6.07, 6.45) is 2.17. The van der Waals surface area contributed by atoms with E-state index in [0.29, 0.717) is 17.3 Å². The van der Waals surface area contributed by atoms with Crippen molar-refractivity contribution in [3.05, 3.63) is 83.2 Å². The Morgan fingerprint density at radius 1 is 1.06 bits per heavy atom. The largest absolute Gasteiger partial charge is 0.325 e. The number of carbonyl (C=O) groups excluding carboxylic acids is 2. The summed E-state index contributed by atoms with van der Waals surface area (Å²) in [4.78, 5) is 26.3. The molecule has 1 fully saturated rings. The maximum absolute atomic E-state index is 13.5. The highest BCUT2D eigenvalue weighted by Crippen LogP contribution is 2.44. The van der Waals surface area contributed by atoms with Crippen molar-refractivity contribution >= 4 is 40.5 Å². The molecule has 4 aromatic rings. The lowest BCUT2D eigenvalue weighted by Gasteiger charge is -2.17. The molecule has 0 spiro atoms. The molecule has 0 aliphatic heterocycles. The van der Waals surface area contributed by atoms with Crippen molar-refractivity contribution in [3.63, 3.8) is 0 Å². The Balaban J connectivity index is 1.47. The van der Waals surface area contributed by atoms with Gasteiger partial charge in [0.25, 0.3) is 0 Å². The van der Waals surface area contributed by atoms with Crippen LogP contribution in [0.15, 0.2) is 77.3 Å². The SMILES string of the molecule is CC(=O)c1cccc(NC(=O)[C@@H](Sc2nnc(-c3cccs3)n2C2CC2)c2ccccc2)c1. The Hall–Kier alpha value is -3.23. The predicted molar refractivity (Wildman–Crippen MR) is 132 cm³/mol. The fourth-order valence-corrected chi connectivity index (χ4v) is 5.44. The van der Waals surface area contributed by atoms with Crippen LogP contribution in [0, 0.1) is 0 Å². The number of nitrogens with one attached hydrogen (secondary N) is 1. The average Bonchev–Trinajstić information content (AvgIpc) is 3.34. The fraction of sp³-hybridized carbons (Fsp3) is 0.200. The van der Waals surface area contributed by atoms with Gasteiger partial charge in [0.05, 0.1) is 4.88 Å². The highest BCUT2D eigenvalue weighted by molar-refractivity contribution is 8.00. The van der Waals surface area contributed by atoms with Gasteiger partial charge in [-0.25, -0.2) is 0 Å². The van der Waals surface area contributed by atoms with Crippen LogP contribution in [-0.4, -0.2) is 26.5 Å². The Morgan fingerprint density at radius 2 is 1.88 bits per heavy atom. The second kappa shape index (κ2) is 9.33. The van der Waals surface area contributed by atoms with E-state index in [-0.39, 0.29) is 11.7 Å². The van der Waals surface area contributed by atoms with E-state index in [1.807, 2.05) is 47.8 Å². The molecule has 1 aliphatic carbocycles. The number of hydrogen-bond acceptors (Lipinski definition) is 6. The van der Waals surface area contributed by atoms with Gasteiger partial charge in [0.2, 0.25) is 5.91 Å². The van der Waals surface area contributed by atoms with Crippen LogP contribution >= 0.6 is 23.1 Å². The van der Waals surface area contributed by atoms with Crippen LogP contribution in [0.3, 0.4) is 0 Å². The van der Waals surface area contributed by atoms with Crippen LogP contribution in [0.2, 0.25) is 0 Å². The standard InChI is InChI=1S/C25H22N4O2S2/c1-16(30)18-9-5-10-19(15-18)26-24(31)22(17-7-3-2-4-8-17)33-25-28-27-23(21-11-6-14-32-21)29(25)20-12-13-20/h2-11,14-15,20,22H,12-13H2,1H3,(H,26,31)/t22-/m0/s1. The highest BCUT2D eigenvalue weighted by Gasteiger charge is 2.33. The van der Waals surface area contributed by atoms with Crippen molar-refractivity contribution in [2.45, 2.75) is 36.2 Å². The third kappa shape index (κ3) is 4.77. The molecule has 0 bridgehead atoms. The molecule has 1 aliphatic rings. The van der Waals surface area contributed by atoms with E-state index in [9.17, 15) is 9.59 Å². The molecular weight excluding hydrogens is 452 g/mol. The minimum Gasteiger partial charge on any atom is -0.325 e. The number of nitrogens with zero attached hydrogens (tertiary/aromatic N) is 3. The minimum absolute atomic E-state index is 0.0428. The molecule has 33 heavy (non-hydrogen) atoms. The first-order chi connectivity index (χ1) is 16.1. The number of Topliss-reactive ketones (excluding diaryl/α,β-unsaturated/α-hetero) is 1. The summed E-state index contributed by atoms with van der Waals surface area (Å²) >= 11 is 3.04. The van der Waals surface area contributed by atoms with E-state index in [4.69, 9.17) is 0 Å². The van der Waals surface area contributed by atoms with Crippen LogP contribution in [0.25, 0.3) is 10.7 Å². The van der Waals surface area contributed by atoms with Crippen molar-refractivity contribution in [1.82, 2.24) is 14.8 Å². The number of aromatic nitrogens is 3. The Morgan fingerprint density at radius 3 is 2.58 bits per heavy atom. The zero-order valence-corrected chi connectivity index (χ0v) is 19.6. The number of thioether (sulfide) groups is 1. The Kier molecular flexibility index (Phi) is 6.11. The van der Waals surface area contributed by atoms with Gasteiger partial charge < -0.3 is 5.32 Å². The summed E-state index contributed by atoms with van der Waals surface area (Å²) < 4.78 is 2.18. The van der Waals surface area contributed by atoms with E-state index in [0.717, 1.165) is 34.3 Å². The molecular formula is C25H22N4O2S2. The van der Waals surface area contributed by atoms with Gasteiger partial charge in [-0.3, -0.25) is 14.2 Å². The van der Waals surface area contributed by atoms with Crippen LogP contribution in [0.5, 0.6) is 0 Å². The zero-order chi connectivity index (χ0) is 22.8. The number of carbonyl (C=O) groups is 2. The maximum Gasteiger partial charge on any atom is 0.242 e. The normalized spacial score (nSPS) is 14.1. The van der Waals surface area contributed by atoms with Gasteiger partial charge in [-0.15, -0.1) is 21.5 Å². The zero-order valence-electron chi connectivity index (χ0n) is 18.0. The van der Waals surface area contributed by atoms with Gasteiger partial charge in [0.15, 0.2) is 16.8 Å². The second-order valence-electron chi connectivity index (χ2n) is 7.92. The topological polar surface area (TPSA) is 76.9 Å². The third-order valence-corrected chi connectivity index (χ3v) is 7.50. The average molecular weight is 475 g/mol. The van der Waals surface area contributed by atoms with E-state index < -0.39 is 5.25 Å². The summed E-state index contributed by atoms with van der Waals surface area (Å²) in [6.45, 7) is 1.51. The summed E-state index contributed by atoms with van der Waals surface area (Å²) in [5.74, 6) is 0.644. The van der Waals surface area contributed by atoms with E-state index in [2.05, 4.69) is 20.1 Å². The van der Waals surface area contributed by atoms with Crippen molar-refractivity contribution in [3.8, 4) is 10.7 Å².